The van der Waals surface area contributed by atoms with E-state index in [4.69, 9.17) is 5.11 Å². The molecule has 0 aromatic carbocycles. The molecular weight excluding hydrogens is 172 g/mol. The molecule has 2 unspecified atom stereocenters. The smallest absolute Gasteiger partial charge is 0.326 e. The lowest BCUT2D eigenvalue weighted by atomic mass is 10.0. The van der Waals surface area contributed by atoms with Crippen LogP contribution in [0.4, 0.5) is 0 Å². The highest BCUT2D eigenvalue weighted by Gasteiger charge is 2.23. The van der Waals surface area contributed by atoms with E-state index >= 15 is 0 Å². The number of nitrogens with zero attached hydrogens (tertiary/aromatic N) is 1. The summed E-state index contributed by atoms with van der Waals surface area (Å²) in [5.74, 6) is -1.11. The van der Waals surface area contributed by atoms with Gasteiger partial charge in [-0.15, -0.1) is 0 Å². The number of hydrogen-bond donors (Lipinski definition) is 2. The van der Waals surface area contributed by atoms with Crippen molar-refractivity contribution < 1.29 is 14.7 Å². The number of hydrogen-bond acceptors (Lipinski definition) is 3. The summed E-state index contributed by atoms with van der Waals surface area (Å²) in [6, 6.07) is -0.806. The van der Waals surface area contributed by atoms with Gasteiger partial charge in [-0.2, -0.15) is 0 Å². The molecule has 0 saturated carbocycles. The van der Waals surface area contributed by atoms with Crippen LogP contribution in [0.25, 0.3) is 0 Å². The Morgan fingerprint density at radius 2 is 2.15 bits per heavy atom. The minimum absolute atomic E-state index is 0.113. The second-order valence-electron chi connectivity index (χ2n) is 3.34. The van der Waals surface area contributed by atoms with E-state index in [1.807, 2.05) is 19.0 Å². The molecule has 0 aromatic heterocycles. The molecule has 0 aliphatic carbocycles. The van der Waals surface area contributed by atoms with Crippen LogP contribution in [0.3, 0.4) is 0 Å². The van der Waals surface area contributed by atoms with Crippen LogP contribution >= 0.6 is 0 Å². The van der Waals surface area contributed by atoms with Crippen molar-refractivity contribution >= 4 is 12.4 Å². The van der Waals surface area contributed by atoms with Crippen molar-refractivity contribution in [3.63, 3.8) is 0 Å². The molecule has 2 N–H and O–H groups in total. The number of aliphatic carboxylic acids is 1. The second kappa shape index (κ2) is 5.53. The van der Waals surface area contributed by atoms with E-state index in [0.29, 0.717) is 13.0 Å². The van der Waals surface area contributed by atoms with Gasteiger partial charge in [0.2, 0.25) is 6.41 Å². The molecular formula is C8H16N2O3. The Hall–Kier alpha value is -1.10. The predicted molar refractivity (Wildman–Crippen MR) is 48.3 cm³/mol. The number of nitrogens with one attached hydrogen (secondary N) is 1. The van der Waals surface area contributed by atoms with Gasteiger partial charge in [0, 0.05) is 6.54 Å². The van der Waals surface area contributed by atoms with Crippen LogP contribution in [0.2, 0.25) is 0 Å². The largest absolute Gasteiger partial charge is 0.480 e. The maximum absolute atomic E-state index is 10.7. The van der Waals surface area contributed by atoms with Crippen molar-refractivity contribution in [2.75, 3.05) is 20.6 Å². The summed E-state index contributed by atoms with van der Waals surface area (Å²) in [6.07, 6.45) is 0.422. The van der Waals surface area contributed by atoms with E-state index in [-0.39, 0.29) is 5.92 Å². The van der Waals surface area contributed by atoms with E-state index in [0.717, 1.165) is 0 Å². The summed E-state index contributed by atoms with van der Waals surface area (Å²) in [4.78, 5) is 22.7. The third-order valence-electron chi connectivity index (χ3n) is 1.74. The first kappa shape index (κ1) is 11.9. The molecule has 2 atom stereocenters. The monoisotopic (exact) mass is 188 g/mol. The Morgan fingerprint density at radius 3 is 2.46 bits per heavy atom. The molecule has 0 rings (SSSR count). The van der Waals surface area contributed by atoms with Gasteiger partial charge in [0.15, 0.2) is 0 Å². The highest BCUT2D eigenvalue weighted by molar-refractivity contribution is 5.76. The average Bonchev–Trinajstić information content (AvgIpc) is 1.97. The molecule has 0 radical (unpaired) electrons. The van der Waals surface area contributed by atoms with Gasteiger partial charge in [-0.05, 0) is 20.0 Å². The first-order valence-corrected chi connectivity index (χ1v) is 4.06. The molecule has 0 saturated heterocycles. The summed E-state index contributed by atoms with van der Waals surface area (Å²) in [5, 5.41) is 11.0. The fourth-order valence-electron chi connectivity index (χ4n) is 1.23. The van der Waals surface area contributed by atoms with Gasteiger partial charge in [0.1, 0.15) is 6.04 Å². The molecule has 0 fully saturated rings. The van der Waals surface area contributed by atoms with Crippen LogP contribution in [0.1, 0.15) is 6.92 Å². The highest BCUT2D eigenvalue weighted by atomic mass is 16.4. The zero-order valence-corrected chi connectivity index (χ0v) is 8.15. The minimum Gasteiger partial charge on any atom is -0.480 e. The molecule has 5 heteroatoms. The first-order chi connectivity index (χ1) is 5.99. The van der Waals surface area contributed by atoms with Crippen molar-refractivity contribution in [1.82, 2.24) is 10.2 Å². The molecule has 0 aliphatic rings. The van der Waals surface area contributed by atoms with Crippen molar-refractivity contribution in [2.24, 2.45) is 5.92 Å². The molecule has 5 nitrogen and oxygen atoms in total. The third kappa shape index (κ3) is 4.47. The third-order valence-corrected chi connectivity index (χ3v) is 1.74. The second-order valence-corrected chi connectivity index (χ2v) is 3.34. The Kier molecular flexibility index (Phi) is 5.06. The number of carboxylic acid groups (broad SMARTS) is 1. The van der Waals surface area contributed by atoms with Crippen LogP contribution in [-0.4, -0.2) is 49.1 Å². The van der Waals surface area contributed by atoms with Crippen LogP contribution in [-0.2, 0) is 9.59 Å². The van der Waals surface area contributed by atoms with E-state index < -0.39 is 12.0 Å². The fourth-order valence-corrected chi connectivity index (χ4v) is 1.23. The van der Waals surface area contributed by atoms with E-state index in [1.54, 1.807) is 6.92 Å². The van der Waals surface area contributed by atoms with Gasteiger partial charge >= 0.3 is 5.97 Å². The standard InChI is InChI=1S/C8H16N2O3/c1-6(4-10(2)3)7(8(12)13)9-5-11/h5-7H,4H2,1-3H3,(H,9,11)(H,12,13). The number of carboxylic acids is 1. The van der Waals surface area contributed by atoms with Crippen molar-refractivity contribution in [3.8, 4) is 0 Å². The van der Waals surface area contributed by atoms with Crippen molar-refractivity contribution in [3.05, 3.63) is 0 Å². The SMILES string of the molecule is CC(CN(C)C)C(NC=O)C(=O)O. The number of carbonyl (C=O) groups excluding carboxylic acids is 1. The van der Waals surface area contributed by atoms with Gasteiger partial charge in [-0.25, -0.2) is 4.79 Å². The summed E-state index contributed by atoms with van der Waals surface area (Å²) >= 11 is 0. The molecule has 1 amide bonds. The number of carbonyl (C=O) groups is 2. The predicted octanol–water partition coefficient (Wildman–Crippen LogP) is -0.617. The van der Waals surface area contributed by atoms with Gasteiger partial charge < -0.3 is 15.3 Å². The van der Waals surface area contributed by atoms with E-state index in [2.05, 4.69) is 5.32 Å². The van der Waals surface area contributed by atoms with Crippen LogP contribution in [0, 0.1) is 5.92 Å². The maximum atomic E-state index is 10.7. The topological polar surface area (TPSA) is 69.6 Å². The summed E-state index contributed by atoms with van der Waals surface area (Å²) in [6.45, 7) is 2.41. The number of amides is 1. The van der Waals surface area contributed by atoms with Gasteiger partial charge in [-0.1, -0.05) is 6.92 Å². The maximum Gasteiger partial charge on any atom is 0.326 e. The number of rotatable bonds is 6. The lowest BCUT2D eigenvalue weighted by molar-refractivity contribution is -0.142. The molecule has 76 valence electrons. The minimum atomic E-state index is -0.999. The Bertz CT molecular complexity index is 182. The van der Waals surface area contributed by atoms with Gasteiger partial charge in [0.25, 0.3) is 0 Å². The molecule has 0 heterocycles. The summed E-state index contributed by atoms with van der Waals surface area (Å²) in [7, 11) is 3.71. The molecule has 0 aromatic rings. The normalized spacial score (nSPS) is 15.1. The first-order valence-electron chi connectivity index (χ1n) is 4.06. The zero-order chi connectivity index (χ0) is 10.4. The van der Waals surface area contributed by atoms with E-state index in [1.165, 1.54) is 0 Å². The molecule has 13 heavy (non-hydrogen) atoms. The lowest BCUT2D eigenvalue weighted by Crippen LogP contribution is -2.44. The van der Waals surface area contributed by atoms with Crippen LogP contribution in [0.5, 0.6) is 0 Å². The van der Waals surface area contributed by atoms with Gasteiger partial charge in [0.05, 0.1) is 0 Å². The van der Waals surface area contributed by atoms with Crippen molar-refractivity contribution in [2.45, 2.75) is 13.0 Å². The average molecular weight is 188 g/mol. The molecule has 0 spiro atoms. The fraction of sp³-hybridized carbons (Fsp3) is 0.750. The zero-order valence-electron chi connectivity index (χ0n) is 8.15. The van der Waals surface area contributed by atoms with Crippen LogP contribution < -0.4 is 5.32 Å². The Labute approximate surface area is 77.7 Å². The highest BCUT2D eigenvalue weighted by Crippen LogP contribution is 2.03. The summed E-state index contributed by atoms with van der Waals surface area (Å²) in [5.41, 5.74) is 0. The van der Waals surface area contributed by atoms with Crippen LogP contribution in [0.15, 0.2) is 0 Å². The van der Waals surface area contributed by atoms with E-state index in [9.17, 15) is 9.59 Å². The van der Waals surface area contributed by atoms with Crippen molar-refractivity contribution in [1.29, 1.82) is 0 Å². The summed E-state index contributed by atoms with van der Waals surface area (Å²) < 4.78 is 0. The van der Waals surface area contributed by atoms with Gasteiger partial charge in [-0.3, -0.25) is 4.79 Å². The molecule has 0 aliphatic heterocycles. The quantitative estimate of drug-likeness (QED) is 0.545. The Balaban J connectivity index is 4.18. The lowest BCUT2D eigenvalue weighted by Gasteiger charge is -2.22. The molecule has 0 bridgehead atoms. The Morgan fingerprint density at radius 1 is 1.62 bits per heavy atom.